The minimum Gasteiger partial charge on any atom is -0.497 e. The van der Waals surface area contributed by atoms with E-state index in [1.165, 1.54) is 0 Å². The van der Waals surface area contributed by atoms with Crippen LogP contribution in [0.15, 0.2) is 24.3 Å². The number of carbonyl (C=O) groups is 1. The zero-order chi connectivity index (χ0) is 19.4. The quantitative estimate of drug-likeness (QED) is 0.582. The molecule has 0 unspecified atom stereocenters. The minimum absolute atomic E-state index is 0.380. The van der Waals surface area contributed by atoms with Gasteiger partial charge in [0.2, 0.25) is 0 Å². The Balaban J connectivity index is 1.55. The fraction of sp³-hybridized carbons (Fsp3) is 0.632. The monoisotopic (exact) mass is 380 g/mol. The standard InChI is InChI=1S/C19H24O8/c1-18(2)24-12-13(25-18)15-17(27-19(3,4)26-15)23-14(12)16(20)22-11-8-6-10(21-5)7-9-11/h6-9,12-15,17H,1-5H3/t12-,13+,14-,15-,17+/m1/s1. The normalized spacial score (nSPS) is 36.0. The average molecular weight is 380 g/mol. The zero-order valence-corrected chi connectivity index (χ0v) is 16.0. The van der Waals surface area contributed by atoms with Gasteiger partial charge < -0.3 is 33.2 Å². The molecule has 27 heavy (non-hydrogen) atoms. The molecular formula is C19H24O8. The van der Waals surface area contributed by atoms with Crippen LogP contribution < -0.4 is 9.47 Å². The lowest BCUT2D eigenvalue weighted by molar-refractivity contribution is -0.236. The summed E-state index contributed by atoms with van der Waals surface area (Å²) in [6, 6.07) is 6.71. The Hall–Kier alpha value is -1.71. The Bertz CT molecular complexity index is 713. The van der Waals surface area contributed by atoms with E-state index >= 15 is 0 Å². The van der Waals surface area contributed by atoms with Gasteiger partial charge in [0.1, 0.15) is 29.8 Å². The summed E-state index contributed by atoms with van der Waals surface area (Å²) >= 11 is 0. The molecule has 3 heterocycles. The molecule has 3 aliphatic heterocycles. The van der Waals surface area contributed by atoms with E-state index in [1.54, 1.807) is 59.1 Å². The van der Waals surface area contributed by atoms with Crippen LogP contribution in [0.1, 0.15) is 27.7 Å². The smallest absolute Gasteiger partial charge is 0.343 e. The summed E-state index contributed by atoms with van der Waals surface area (Å²) < 4.78 is 40.1. The van der Waals surface area contributed by atoms with Crippen LogP contribution in [0.25, 0.3) is 0 Å². The van der Waals surface area contributed by atoms with Gasteiger partial charge in [0.25, 0.3) is 0 Å². The van der Waals surface area contributed by atoms with Crippen molar-refractivity contribution in [3.8, 4) is 11.5 Å². The predicted octanol–water partition coefficient (Wildman–Crippen LogP) is 2.00. The van der Waals surface area contributed by atoms with Crippen molar-refractivity contribution < 1.29 is 38.0 Å². The van der Waals surface area contributed by atoms with Gasteiger partial charge in [-0.1, -0.05) is 0 Å². The van der Waals surface area contributed by atoms with E-state index < -0.39 is 48.2 Å². The molecule has 148 valence electrons. The van der Waals surface area contributed by atoms with Gasteiger partial charge in [-0.05, 0) is 52.0 Å². The maximum atomic E-state index is 12.8. The van der Waals surface area contributed by atoms with Gasteiger partial charge in [0.15, 0.2) is 24.0 Å². The molecule has 8 heteroatoms. The number of esters is 1. The van der Waals surface area contributed by atoms with Crippen molar-refractivity contribution in [2.45, 2.75) is 70.0 Å². The molecule has 0 saturated carbocycles. The van der Waals surface area contributed by atoms with Crippen molar-refractivity contribution in [2.75, 3.05) is 7.11 Å². The number of hydrogen-bond acceptors (Lipinski definition) is 8. The number of benzene rings is 1. The number of ether oxygens (including phenoxy) is 7. The SMILES string of the molecule is COc1ccc(OC(=O)[C@@H]2O[C@H]3OC(C)(C)O[C@@H]3[C@H]3OC(C)(C)O[C@H]32)cc1. The van der Waals surface area contributed by atoms with Crippen molar-refractivity contribution in [1.29, 1.82) is 0 Å². The minimum atomic E-state index is -1.00. The maximum Gasteiger partial charge on any atom is 0.343 e. The zero-order valence-electron chi connectivity index (χ0n) is 16.0. The van der Waals surface area contributed by atoms with Crippen LogP contribution in [-0.2, 0) is 28.5 Å². The molecule has 0 N–H and O–H groups in total. The molecule has 4 rings (SSSR count). The highest BCUT2D eigenvalue weighted by Crippen LogP contribution is 2.44. The Morgan fingerprint density at radius 1 is 0.852 bits per heavy atom. The first kappa shape index (κ1) is 18.6. The van der Waals surface area contributed by atoms with Gasteiger partial charge in [-0.2, -0.15) is 0 Å². The van der Waals surface area contributed by atoms with E-state index in [-0.39, 0.29) is 0 Å². The lowest BCUT2D eigenvalue weighted by Crippen LogP contribution is -2.58. The number of rotatable bonds is 3. The van der Waals surface area contributed by atoms with E-state index in [2.05, 4.69) is 0 Å². The number of fused-ring (bicyclic) bond motifs is 3. The molecular weight excluding hydrogens is 356 g/mol. The summed E-state index contributed by atoms with van der Waals surface area (Å²) in [5, 5.41) is 0. The van der Waals surface area contributed by atoms with Gasteiger partial charge in [0.05, 0.1) is 7.11 Å². The lowest BCUT2D eigenvalue weighted by Gasteiger charge is -2.35. The summed E-state index contributed by atoms with van der Waals surface area (Å²) in [7, 11) is 1.57. The molecule has 0 aliphatic carbocycles. The van der Waals surface area contributed by atoms with Crippen molar-refractivity contribution in [3.05, 3.63) is 24.3 Å². The molecule has 0 amide bonds. The fourth-order valence-electron chi connectivity index (χ4n) is 3.62. The first-order valence-corrected chi connectivity index (χ1v) is 8.90. The molecule has 3 fully saturated rings. The summed E-state index contributed by atoms with van der Waals surface area (Å²) in [5.41, 5.74) is 0. The second-order valence-electron chi connectivity index (χ2n) is 7.69. The Morgan fingerprint density at radius 3 is 2.07 bits per heavy atom. The second kappa shape index (κ2) is 6.42. The van der Waals surface area contributed by atoms with Crippen molar-refractivity contribution >= 4 is 5.97 Å². The number of carbonyl (C=O) groups excluding carboxylic acids is 1. The molecule has 0 aromatic heterocycles. The third-order valence-electron chi connectivity index (χ3n) is 4.66. The summed E-state index contributed by atoms with van der Waals surface area (Å²) in [4.78, 5) is 12.8. The first-order valence-electron chi connectivity index (χ1n) is 8.90. The topological polar surface area (TPSA) is 81.7 Å². The molecule has 0 radical (unpaired) electrons. The van der Waals surface area contributed by atoms with Crippen LogP contribution in [0.5, 0.6) is 11.5 Å². The molecule has 1 aromatic carbocycles. The van der Waals surface area contributed by atoms with Gasteiger partial charge in [0, 0.05) is 0 Å². The number of methoxy groups -OCH3 is 1. The molecule has 5 atom stereocenters. The van der Waals surface area contributed by atoms with Crippen molar-refractivity contribution in [3.63, 3.8) is 0 Å². The van der Waals surface area contributed by atoms with Crippen LogP contribution in [0.2, 0.25) is 0 Å². The van der Waals surface area contributed by atoms with Crippen LogP contribution in [0.3, 0.4) is 0 Å². The van der Waals surface area contributed by atoms with Gasteiger partial charge in [-0.3, -0.25) is 0 Å². The molecule has 8 nitrogen and oxygen atoms in total. The van der Waals surface area contributed by atoms with E-state index in [4.69, 9.17) is 33.2 Å². The molecule has 0 bridgehead atoms. The van der Waals surface area contributed by atoms with Gasteiger partial charge in [-0.15, -0.1) is 0 Å². The van der Waals surface area contributed by atoms with E-state index in [1.807, 2.05) is 0 Å². The molecule has 3 saturated heterocycles. The van der Waals surface area contributed by atoms with Gasteiger partial charge in [-0.25, -0.2) is 4.79 Å². The van der Waals surface area contributed by atoms with E-state index in [0.29, 0.717) is 11.5 Å². The highest BCUT2D eigenvalue weighted by Gasteiger charge is 2.62. The van der Waals surface area contributed by atoms with Crippen LogP contribution in [-0.4, -0.2) is 55.4 Å². The van der Waals surface area contributed by atoms with Crippen LogP contribution >= 0.6 is 0 Å². The molecule has 1 aromatic rings. The van der Waals surface area contributed by atoms with Crippen molar-refractivity contribution in [1.82, 2.24) is 0 Å². The average Bonchev–Trinajstić information content (AvgIpc) is 3.08. The molecule has 0 spiro atoms. The highest BCUT2D eigenvalue weighted by molar-refractivity contribution is 5.78. The highest BCUT2D eigenvalue weighted by atomic mass is 16.9. The fourth-order valence-corrected chi connectivity index (χ4v) is 3.62. The summed E-state index contributed by atoms with van der Waals surface area (Å²) in [6.45, 7) is 7.14. The summed E-state index contributed by atoms with van der Waals surface area (Å²) in [5.74, 6) is -1.25. The van der Waals surface area contributed by atoms with E-state index in [0.717, 1.165) is 0 Å². The third-order valence-corrected chi connectivity index (χ3v) is 4.66. The van der Waals surface area contributed by atoms with Crippen molar-refractivity contribution in [2.24, 2.45) is 0 Å². The van der Waals surface area contributed by atoms with E-state index in [9.17, 15) is 4.79 Å². The lowest BCUT2D eigenvalue weighted by atomic mass is 9.99. The van der Waals surface area contributed by atoms with Crippen LogP contribution in [0, 0.1) is 0 Å². The van der Waals surface area contributed by atoms with Crippen LogP contribution in [0.4, 0.5) is 0 Å². The largest absolute Gasteiger partial charge is 0.497 e. The third kappa shape index (κ3) is 3.55. The Labute approximate surface area is 157 Å². The Kier molecular flexibility index (Phi) is 4.44. The van der Waals surface area contributed by atoms with Gasteiger partial charge >= 0.3 is 5.97 Å². The molecule has 3 aliphatic rings. The first-order chi connectivity index (χ1) is 12.7. The Morgan fingerprint density at radius 2 is 1.41 bits per heavy atom. The maximum absolute atomic E-state index is 12.8. The predicted molar refractivity (Wildman–Crippen MR) is 91.2 cm³/mol. The number of hydrogen-bond donors (Lipinski definition) is 0. The summed E-state index contributed by atoms with van der Waals surface area (Å²) in [6.07, 6.45) is -3.40. The second-order valence-corrected chi connectivity index (χ2v) is 7.69.